The number of aliphatic hydroxyl groups is 2. The zero-order valence-corrected chi connectivity index (χ0v) is 59.3. The van der Waals surface area contributed by atoms with Gasteiger partial charge in [-0.3, -0.25) is 0 Å². The molecule has 81 heavy (non-hydrogen) atoms. The summed E-state index contributed by atoms with van der Waals surface area (Å²) in [4.78, 5) is 10.3. The first-order valence-electron chi connectivity index (χ1n) is 32.2. The Bertz CT molecular complexity index is 1900. The summed E-state index contributed by atoms with van der Waals surface area (Å²) < 4.78 is 0. The zero-order valence-electron chi connectivity index (χ0n) is 59.3. The molecule has 3 aromatic carbocycles. The third-order valence-corrected chi connectivity index (χ3v) is 11.9. The minimum absolute atomic E-state index is 0.148. The summed E-state index contributed by atoms with van der Waals surface area (Å²) in [5, 5.41) is 27.1. The topological polar surface area (TPSA) is 105 Å². The molecule has 0 saturated heterocycles. The lowest BCUT2D eigenvalue weighted by Crippen LogP contribution is -2.07. The highest BCUT2D eigenvalue weighted by Gasteiger charge is 2.05. The molecular formula is C75H141N3O3. The average Bonchev–Trinajstić information content (AvgIpc) is 4.02. The lowest BCUT2D eigenvalue weighted by atomic mass is 9.96. The normalized spacial score (nSPS) is 11.2. The maximum atomic E-state index is 8.99. The minimum Gasteiger partial charge on any atom is -0.508 e. The summed E-state index contributed by atoms with van der Waals surface area (Å²) in [5.41, 5.74) is 6.64. The lowest BCUT2D eigenvalue weighted by Gasteiger charge is -2.10. The van der Waals surface area contributed by atoms with Crippen molar-refractivity contribution < 1.29 is 15.3 Å². The highest BCUT2D eigenvalue weighted by atomic mass is 16.3. The van der Waals surface area contributed by atoms with Gasteiger partial charge in [0.05, 0.1) is 12.4 Å². The van der Waals surface area contributed by atoms with Crippen LogP contribution in [0.2, 0.25) is 0 Å². The second kappa shape index (κ2) is 57.9. The van der Waals surface area contributed by atoms with Crippen LogP contribution in [0.15, 0.2) is 97.6 Å². The minimum atomic E-state index is -0.148. The number of phenols is 1. The molecule has 0 amide bonds. The largest absolute Gasteiger partial charge is 0.508 e. The summed E-state index contributed by atoms with van der Waals surface area (Å²) in [6.07, 6.45) is 14.0. The fourth-order valence-electron chi connectivity index (χ4n) is 6.18. The Morgan fingerprint density at radius 1 is 0.444 bits per heavy atom. The van der Waals surface area contributed by atoms with Gasteiger partial charge in [-0.1, -0.05) is 274 Å². The summed E-state index contributed by atoms with van der Waals surface area (Å²) in [7, 11) is 0. The van der Waals surface area contributed by atoms with Gasteiger partial charge in [-0.05, 0) is 151 Å². The van der Waals surface area contributed by atoms with E-state index in [-0.39, 0.29) is 6.10 Å². The first-order chi connectivity index (χ1) is 37.5. The molecule has 0 radical (unpaired) electrons. The van der Waals surface area contributed by atoms with Crippen LogP contribution in [0.25, 0.3) is 10.9 Å². The smallest absolute Gasteiger partial charge is 0.115 e. The van der Waals surface area contributed by atoms with Crippen molar-refractivity contribution in [1.29, 1.82) is 0 Å². The van der Waals surface area contributed by atoms with Gasteiger partial charge in [0.1, 0.15) is 5.75 Å². The number of fused-ring (bicyclic) bond motifs is 1. The third-order valence-electron chi connectivity index (χ3n) is 11.9. The number of imidazole rings is 1. The zero-order chi connectivity index (χ0) is 64.2. The molecule has 0 fully saturated rings. The van der Waals surface area contributed by atoms with Gasteiger partial charge in [0.2, 0.25) is 0 Å². The molecule has 0 aliphatic rings. The van der Waals surface area contributed by atoms with Gasteiger partial charge in [0.15, 0.2) is 0 Å². The first kappa shape index (κ1) is 88.4. The van der Waals surface area contributed by atoms with Crippen molar-refractivity contribution in [1.82, 2.24) is 15.0 Å². The van der Waals surface area contributed by atoms with Crippen LogP contribution < -0.4 is 0 Å². The van der Waals surface area contributed by atoms with Gasteiger partial charge >= 0.3 is 0 Å². The predicted molar refractivity (Wildman–Crippen MR) is 369 cm³/mol. The van der Waals surface area contributed by atoms with Crippen molar-refractivity contribution in [3.63, 3.8) is 0 Å². The van der Waals surface area contributed by atoms with Crippen LogP contribution in [0.3, 0.4) is 0 Å². The number of para-hydroxylation sites is 1. The van der Waals surface area contributed by atoms with E-state index in [1.54, 1.807) is 25.4 Å². The molecule has 0 bridgehead atoms. The van der Waals surface area contributed by atoms with Crippen LogP contribution in [0.4, 0.5) is 0 Å². The Hall–Kier alpha value is -3.87. The van der Waals surface area contributed by atoms with E-state index in [1.807, 2.05) is 46.0 Å². The van der Waals surface area contributed by atoms with E-state index in [9.17, 15) is 0 Å². The molecular weight excluding hydrogens is 991 g/mol. The number of aromatic hydroxyl groups is 1. The number of hydrogen-bond donors (Lipinski definition) is 5. The van der Waals surface area contributed by atoms with Crippen LogP contribution in [-0.4, -0.2) is 43.0 Å². The molecule has 2 aromatic heterocycles. The molecule has 5 N–H and O–H groups in total. The van der Waals surface area contributed by atoms with E-state index < -0.39 is 0 Å². The SMILES string of the molecule is CC(C)C.CC(C)C(C)C.CC(C)C(C)O.CC(C)CC(C)C.CC(C)CO.CC(C)Cc1c[nH]c2ccccc12.CC(C)Cc1ccc(O)cc1.CC(C)Cc1ccccc1.CC(C)Cc1cnc[nH]1.CCC.CCC(C)C(C)C. The van der Waals surface area contributed by atoms with Crippen molar-refractivity contribution in [2.24, 2.45) is 76.9 Å². The van der Waals surface area contributed by atoms with Crippen molar-refractivity contribution >= 4 is 10.9 Å². The highest BCUT2D eigenvalue weighted by Crippen LogP contribution is 2.20. The molecule has 2 unspecified atom stereocenters. The number of benzene rings is 3. The summed E-state index contributed by atoms with van der Waals surface area (Å²) in [5.74, 6) is 10.1. The van der Waals surface area contributed by atoms with Gasteiger partial charge in [-0.25, -0.2) is 4.98 Å². The molecule has 0 aliphatic heterocycles. The summed E-state index contributed by atoms with van der Waals surface area (Å²) in [6, 6.07) is 26.5. The van der Waals surface area contributed by atoms with Crippen molar-refractivity contribution in [2.45, 2.75) is 259 Å². The maximum Gasteiger partial charge on any atom is 0.115 e. The monoisotopic (exact) mass is 1130 g/mol. The van der Waals surface area contributed by atoms with E-state index in [0.717, 1.165) is 72.5 Å². The number of hydrogen-bond acceptors (Lipinski definition) is 4. The molecule has 2 heterocycles. The molecule has 474 valence electrons. The predicted octanol–water partition coefficient (Wildman–Crippen LogP) is 22.9. The summed E-state index contributed by atoms with van der Waals surface area (Å²) >= 11 is 0. The van der Waals surface area contributed by atoms with Crippen molar-refractivity contribution in [3.05, 3.63) is 120 Å². The van der Waals surface area contributed by atoms with Crippen molar-refractivity contribution in [2.75, 3.05) is 6.61 Å². The standard InChI is InChI=1S/C12H15N.C10H14O.C10H14.C7H12N2.2C7H16.C6H14.C5H12O.C4H10O.C4H10.C3H8/c1-9(2)7-10-8-13-12-6-4-3-5-11(10)12;1-8(2)7-9-3-5-10(11)6-4-9;1-9(2)8-10-6-4-3-5-7-10;1-6(2)3-7-4-8-5-9-7;1-6(2)5-7(3)4;1-5-7(4)6(2)3;1-5(2)6(3)4;1-4(2)5(3)6;1-4(2)3-5;1-4(2)3;1-3-2/h3-6,8-9,13H,7H2,1-2H3;3-6,8,11H,7H2,1-2H3;3-7,9H,8H2,1-2H3;4-6H,3H2,1-2H3,(H,8,9);2*6-7H,5H2,1-4H3;5-6H,1-4H3;4-6H,1-3H3;4-5H,3H2,1-2H3;4H,1-3H3;3H2,1-2H3. The van der Waals surface area contributed by atoms with E-state index in [2.05, 4.69) is 249 Å². The van der Waals surface area contributed by atoms with Crippen LogP contribution in [-0.2, 0) is 25.7 Å². The van der Waals surface area contributed by atoms with Crippen LogP contribution in [0, 0.1) is 76.9 Å². The van der Waals surface area contributed by atoms with E-state index in [0.29, 0.717) is 36.0 Å². The van der Waals surface area contributed by atoms with Gasteiger partial charge in [-0.2, -0.15) is 0 Å². The Labute approximate surface area is 506 Å². The lowest BCUT2D eigenvalue weighted by molar-refractivity contribution is 0.144. The first-order valence-corrected chi connectivity index (χ1v) is 32.2. The Morgan fingerprint density at radius 3 is 1.11 bits per heavy atom. The average molecular weight is 1130 g/mol. The second-order valence-electron chi connectivity index (χ2n) is 27.1. The Balaban J connectivity index is -0.000000195. The van der Waals surface area contributed by atoms with Gasteiger partial charge in [0, 0.05) is 35.6 Å². The number of H-pyrrole nitrogens is 2. The van der Waals surface area contributed by atoms with E-state index in [4.69, 9.17) is 15.3 Å². The number of phenolic OH excluding ortho intramolecular Hbond substituents is 1. The fourth-order valence-corrected chi connectivity index (χ4v) is 6.18. The van der Waals surface area contributed by atoms with Crippen LogP contribution >= 0.6 is 0 Å². The quantitative estimate of drug-likeness (QED) is 0.0720. The van der Waals surface area contributed by atoms with Crippen molar-refractivity contribution in [3.8, 4) is 5.75 Å². The molecule has 5 rings (SSSR count). The summed E-state index contributed by atoms with van der Waals surface area (Å²) in [6.45, 7) is 65.6. The highest BCUT2D eigenvalue weighted by molar-refractivity contribution is 5.83. The van der Waals surface area contributed by atoms with E-state index >= 15 is 0 Å². The van der Waals surface area contributed by atoms with Crippen LogP contribution in [0.5, 0.6) is 5.75 Å². The van der Waals surface area contributed by atoms with E-state index in [1.165, 1.54) is 59.0 Å². The molecule has 0 saturated carbocycles. The number of aliphatic hydroxyl groups excluding tert-OH is 2. The van der Waals surface area contributed by atoms with Gasteiger partial charge < -0.3 is 25.3 Å². The molecule has 6 heteroatoms. The Morgan fingerprint density at radius 2 is 0.827 bits per heavy atom. The maximum absolute atomic E-state index is 8.99. The number of nitrogens with one attached hydrogen (secondary N) is 2. The number of nitrogens with zero attached hydrogens (tertiary/aromatic N) is 1. The Kier molecular flexibility index (Phi) is 63.2. The molecule has 0 spiro atoms. The van der Waals surface area contributed by atoms with Gasteiger partial charge in [0.25, 0.3) is 0 Å². The molecule has 2 atom stereocenters. The molecule has 5 aromatic rings. The van der Waals surface area contributed by atoms with Crippen LogP contribution in [0.1, 0.15) is 249 Å². The van der Waals surface area contributed by atoms with Gasteiger partial charge in [-0.15, -0.1) is 0 Å². The molecule has 0 aliphatic carbocycles. The number of aromatic amines is 2. The second-order valence-corrected chi connectivity index (χ2v) is 27.1. The number of rotatable bonds is 15. The molecule has 6 nitrogen and oxygen atoms in total. The third kappa shape index (κ3) is 70.3. The fraction of sp³-hybridized carbons (Fsp3) is 0.693. The number of aromatic nitrogens is 3.